The molecule has 3 fully saturated rings. The van der Waals surface area contributed by atoms with Gasteiger partial charge >= 0.3 is 5.97 Å². The molecular formula is C43H76O2. The summed E-state index contributed by atoms with van der Waals surface area (Å²) in [5.74, 6) is 5.34. The zero-order valence-electron chi connectivity index (χ0n) is 31.1. The highest BCUT2D eigenvalue weighted by atomic mass is 16.5. The number of rotatable bonds is 20. The molecule has 4 aliphatic carbocycles. The summed E-state index contributed by atoms with van der Waals surface area (Å²) in [6, 6.07) is 0. The van der Waals surface area contributed by atoms with Crippen LogP contribution in [0, 0.1) is 46.3 Å². The Labute approximate surface area is 281 Å². The highest BCUT2D eigenvalue weighted by Crippen LogP contribution is 2.67. The van der Waals surface area contributed by atoms with E-state index in [9.17, 15) is 4.79 Å². The number of esters is 1. The number of fused-ring (bicyclic) bond motifs is 5. The topological polar surface area (TPSA) is 26.3 Å². The fraction of sp³-hybridized carbons (Fsp3) is 0.930. The molecule has 0 aromatic rings. The normalized spacial score (nSPS) is 33.3. The lowest BCUT2D eigenvalue weighted by Gasteiger charge is -2.58. The van der Waals surface area contributed by atoms with E-state index >= 15 is 0 Å². The molecule has 4 rings (SSSR count). The van der Waals surface area contributed by atoms with E-state index in [-0.39, 0.29) is 12.1 Å². The number of carbonyl (C=O) groups is 1. The van der Waals surface area contributed by atoms with Gasteiger partial charge in [-0.05, 0) is 97.7 Å². The number of hydrogen-bond donors (Lipinski definition) is 0. The molecule has 2 nitrogen and oxygen atoms in total. The van der Waals surface area contributed by atoms with Gasteiger partial charge in [0.2, 0.25) is 0 Å². The first-order valence-corrected chi connectivity index (χ1v) is 20.6. The van der Waals surface area contributed by atoms with Crippen LogP contribution in [0.25, 0.3) is 0 Å². The van der Waals surface area contributed by atoms with Crippen molar-refractivity contribution in [3.05, 3.63) is 11.6 Å². The molecule has 0 saturated heterocycles. The lowest BCUT2D eigenvalue weighted by molar-refractivity contribution is -0.151. The van der Waals surface area contributed by atoms with E-state index < -0.39 is 0 Å². The van der Waals surface area contributed by atoms with Gasteiger partial charge < -0.3 is 4.74 Å². The molecule has 0 heterocycles. The molecule has 0 N–H and O–H groups in total. The van der Waals surface area contributed by atoms with E-state index in [0.717, 1.165) is 54.8 Å². The van der Waals surface area contributed by atoms with E-state index in [1.165, 1.54) is 135 Å². The Morgan fingerprint density at radius 2 is 1.42 bits per heavy atom. The second-order valence-corrected chi connectivity index (χ2v) is 17.6. The molecular weight excluding hydrogens is 548 g/mol. The van der Waals surface area contributed by atoms with Crippen LogP contribution in [0.3, 0.4) is 0 Å². The van der Waals surface area contributed by atoms with Crippen LogP contribution in [-0.2, 0) is 9.53 Å². The highest BCUT2D eigenvalue weighted by Gasteiger charge is 2.59. The molecule has 0 aromatic carbocycles. The lowest BCUT2D eigenvalue weighted by Crippen LogP contribution is -2.51. The summed E-state index contributed by atoms with van der Waals surface area (Å²) in [5, 5.41) is 0. The van der Waals surface area contributed by atoms with Crippen LogP contribution in [0.15, 0.2) is 11.6 Å². The average Bonchev–Trinajstić information content (AvgIpc) is 3.37. The van der Waals surface area contributed by atoms with Crippen LogP contribution >= 0.6 is 0 Å². The first kappa shape index (κ1) is 37.0. The molecule has 0 radical (unpaired) electrons. The van der Waals surface area contributed by atoms with Crippen LogP contribution in [0.4, 0.5) is 0 Å². The Bertz CT molecular complexity index is 904. The summed E-state index contributed by atoms with van der Waals surface area (Å²) in [4.78, 5) is 12.8. The predicted octanol–water partition coefficient (Wildman–Crippen LogP) is 13.4. The molecule has 0 spiro atoms. The van der Waals surface area contributed by atoms with Crippen LogP contribution in [0.1, 0.15) is 202 Å². The predicted molar refractivity (Wildman–Crippen MR) is 193 cm³/mol. The van der Waals surface area contributed by atoms with Gasteiger partial charge in [-0.3, -0.25) is 4.79 Å². The third-order valence-electron chi connectivity index (χ3n) is 14.0. The number of unbranched alkanes of at least 4 members (excludes halogenated alkanes) is 12. The van der Waals surface area contributed by atoms with Gasteiger partial charge in [-0.2, -0.15) is 0 Å². The monoisotopic (exact) mass is 625 g/mol. The SMILES string of the molecule is CCCCCCCCCCCCCCCC(=O)O[C@H]1CC[C@@]2(C)C(=CC[C@@H]3[C@H]4CC[C@H]([C@H](C)CCCC(C)C)[C@@]4(C)CC[C@H]32)C1. The lowest BCUT2D eigenvalue weighted by atomic mass is 9.47. The van der Waals surface area contributed by atoms with Crippen molar-refractivity contribution in [2.45, 2.75) is 208 Å². The zero-order valence-corrected chi connectivity index (χ0v) is 31.1. The summed E-state index contributed by atoms with van der Waals surface area (Å²) >= 11 is 0. The number of hydrogen-bond acceptors (Lipinski definition) is 2. The minimum absolute atomic E-state index is 0.0638. The fourth-order valence-electron chi connectivity index (χ4n) is 11.3. The van der Waals surface area contributed by atoms with Gasteiger partial charge in [0, 0.05) is 12.8 Å². The molecule has 0 aliphatic heterocycles. The van der Waals surface area contributed by atoms with Gasteiger partial charge in [-0.25, -0.2) is 0 Å². The fourth-order valence-corrected chi connectivity index (χ4v) is 11.3. The maximum absolute atomic E-state index is 12.8. The second kappa shape index (κ2) is 18.1. The van der Waals surface area contributed by atoms with Crippen molar-refractivity contribution in [2.75, 3.05) is 0 Å². The van der Waals surface area contributed by atoms with E-state index in [4.69, 9.17) is 4.74 Å². The van der Waals surface area contributed by atoms with Crippen molar-refractivity contribution in [1.29, 1.82) is 0 Å². The van der Waals surface area contributed by atoms with E-state index in [0.29, 0.717) is 17.3 Å². The third kappa shape index (κ3) is 9.87. The molecule has 45 heavy (non-hydrogen) atoms. The molecule has 260 valence electrons. The molecule has 8 atom stereocenters. The molecule has 3 saturated carbocycles. The first-order chi connectivity index (χ1) is 21.7. The van der Waals surface area contributed by atoms with Gasteiger partial charge in [-0.1, -0.05) is 150 Å². The van der Waals surface area contributed by atoms with E-state index in [1.54, 1.807) is 5.57 Å². The molecule has 0 bridgehead atoms. The Balaban J connectivity index is 1.14. The second-order valence-electron chi connectivity index (χ2n) is 17.6. The smallest absolute Gasteiger partial charge is 0.306 e. The first-order valence-electron chi connectivity index (χ1n) is 20.6. The summed E-state index contributed by atoms with van der Waals surface area (Å²) in [6.45, 7) is 14.9. The Kier molecular flexibility index (Phi) is 14.9. The Morgan fingerprint density at radius 1 is 0.778 bits per heavy atom. The average molecular weight is 625 g/mol. The van der Waals surface area contributed by atoms with Crippen molar-refractivity contribution < 1.29 is 9.53 Å². The van der Waals surface area contributed by atoms with Crippen LogP contribution in [-0.4, -0.2) is 12.1 Å². The molecule has 0 amide bonds. The quantitative estimate of drug-likeness (QED) is 0.0765. The van der Waals surface area contributed by atoms with Crippen molar-refractivity contribution >= 4 is 5.97 Å². The van der Waals surface area contributed by atoms with Crippen molar-refractivity contribution in [1.82, 2.24) is 0 Å². The maximum Gasteiger partial charge on any atom is 0.306 e. The van der Waals surface area contributed by atoms with Crippen LogP contribution in [0.5, 0.6) is 0 Å². The number of allylic oxidation sites excluding steroid dienone is 1. The minimum atomic E-state index is 0.0638. The standard InChI is InChI=1S/C43H76O2/c1-7-8-9-10-11-12-13-14-15-16-17-18-19-23-41(44)45-36-28-30-42(5)35(32-36)24-25-37-39-27-26-38(34(4)22-20-21-33(2)3)43(39,6)31-29-40(37)42/h24,33-34,36-40H,7-23,25-32H2,1-6H3/t34-,36+,37-,38-,39-,40-,42+,43-/m1/s1. The Hall–Kier alpha value is -0.790. The highest BCUT2D eigenvalue weighted by molar-refractivity contribution is 5.69. The Morgan fingerprint density at radius 3 is 2.07 bits per heavy atom. The van der Waals surface area contributed by atoms with Crippen molar-refractivity contribution in [3.63, 3.8) is 0 Å². The van der Waals surface area contributed by atoms with Gasteiger partial charge in [-0.15, -0.1) is 0 Å². The van der Waals surface area contributed by atoms with Crippen LogP contribution in [0.2, 0.25) is 0 Å². The molecule has 2 heteroatoms. The molecule has 4 aliphatic rings. The number of ether oxygens (including phenoxy) is 1. The zero-order chi connectivity index (χ0) is 32.3. The largest absolute Gasteiger partial charge is 0.462 e. The van der Waals surface area contributed by atoms with E-state index in [1.807, 2.05) is 0 Å². The third-order valence-corrected chi connectivity index (χ3v) is 14.0. The molecule has 0 aromatic heterocycles. The van der Waals surface area contributed by atoms with Crippen LogP contribution < -0.4 is 0 Å². The maximum atomic E-state index is 12.8. The van der Waals surface area contributed by atoms with Gasteiger partial charge in [0.15, 0.2) is 0 Å². The van der Waals surface area contributed by atoms with Gasteiger partial charge in [0.05, 0.1) is 0 Å². The summed E-state index contributed by atoms with van der Waals surface area (Å²) in [7, 11) is 0. The molecule has 0 unspecified atom stereocenters. The summed E-state index contributed by atoms with van der Waals surface area (Å²) in [6.07, 6.45) is 35.4. The van der Waals surface area contributed by atoms with Crippen molar-refractivity contribution in [3.8, 4) is 0 Å². The number of carbonyl (C=O) groups excluding carboxylic acids is 1. The minimum Gasteiger partial charge on any atom is -0.462 e. The van der Waals surface area contributed by atoms with Gasteiger partial charge in [0.25, 0.3) is 0 Å². The van der Waals surface area contributed by atoms with Crippen molar-refractivity contribution in [2.24, 2.45) is 46.3 Å². The van der Waals surface area contributed by atoms with Gasteiger partial charge in [0.1, 0.15) is 6.10 Å². The summed E-state index contributed by atoms with van der Waals surface area (Å²) in [5.41, 5.74) is 2.54. The van der Waals surface area contributed by atoms with E-state index in [2.05, 4.69) is 47.6 Å². The summed E-state index contributed by atoms with van der Waals surface area (Å²) < 4.78 is 6.12.